The van der Waals surface area contributed by atoms with Gasteiger partial charge in [0.1, 0.15) is 5.58 Å². The molecule has 0 saturated heterocycles. The molecular weight excluding hydrogens is 735 g/mol. The molecule has 2 nitrogen and oxygen atoms in total. The van der Waals surface area contributed by atoms with Crippen molar-refractivity contribution in [1.82, 2.24) is 0 Å². The predicted molar refractivity (Wildman–Crippen MR) is 253 cm³/mol. The zero-order chi connectivity index (χ0) is 38.9. The van der Waals surface area contributed by atoms with Crippen LogP contribution in [0.25, 0.3) is 97.0 Å². The normalized spacial score (nSPS) is 11.7. The van der Waals surface area contributed by atoms with Gasteiger partial charge in [-0.15, -0.1) is 11.3 Å². The molecule has 3 heteroatoms. The van der Waals surface area contributed by atoms with Crippen molar-refractivity contribution in [1.29, 1.82) is 0 Å². The van der Waals surface area contributed by atoms with Crippen LogP contribution in [0.3, 0.4) is 0 Å². The van der Waals surface area contributed by atoms with Gasteiger partial charge in [0.05, 0.1) is 5.69 Å². The number of anilines is 3. The van der Waals surface area contributed by atoms with E-state index in [-0.39, 0.29) is 0 Å². The summed E-state index contributed by atoms with van der Waals surface area (Å²) < 4.78 is 9.56. The second-order valence-electron chi connectivity index (χ2n) is 15.3. The number of para-hydroxylation sites is 1. The van der Waals surface area contributed by atoms with Gasteiger partial charge in [0, 0.05) is 42.3 Å². The number of furan rings is 1. The number of benzene rings is 10. The van der Waals surface area contributed by atoms with E-state index < -0.39 is 0 Å². The van der Waals surface area contributed by atoms with Gasteiger partial charge in [-0.25, -0.2) is 0 Å². The molecule has 276 valence electrons. The highest BCUT2D eigenvalue weighted by Gasteiger charge is 2.23. The van der Waals surface area contributed by atoms with Crippen LogP contribution in [0.5, 0.6) is 0 Å². The first-order valence-corrected chi connectivity index (χ1v) is 20.9. The lowest BCUT2D eigenvalue weighted by molar-refractivity contribution is 0.669. The van der Waals surface area contributed by atoms with E-state index in [0.29, 0.717) is 0 Å². The molecule has 0 aliphatic rings. The van der Waals surface area contributed by atoms with Gasteiger partial charge in [-0.1, -0.05) is 158 Å². The SMILES string of the molecule is c1ccc2cc(-c3ccc(N(c4ccc(-c5ccc6c(c5)sc5ccccc56)cc4)c4ccc(-c5cccc6ccccc56)c5c4oc4ccccc45)cc3)ccc2c1. The van der Waals surface area contributed by atoms with Crippen LogP contribution in [0.4, 0.5) is 17.1 Å². The van der Waals surface area contributed by atoms with Gasteiger partial charge in [0.2, 0.25) is 0 Å². The summed E-state index contributed by atoms with van der Waals surface area (Å²) in [5.74, 6) is 0. The topological polar surface area (TPSA) is 16.4 Å². The number of fused-ring (bicyclic) bond motifs is 8. The highest BCUT2D eigenvalue weighted by molar-refractivity contribution is 7.25. The molecule has 0 amide bonds. The number of hydrogen-bond acceptors (Lipinski definition) is 3. The van der Waals surface area contributed by atoms with E-state index in [9.17, 15) is 0 Å². The van der Waals surface area contributed by atoms with Crippen LogP contribution < -0.4 is 4.90 Å². The Morgan fingerprint density at radius 3 is 1.75 bits per heavy atom. The van der Waals surface area contributed by atoms with Crippen LogP contribution in [0.15, 0.2) is 217 Å². The Labute approximate surface area is 345 Å². The Morgan fingerprint density at radius 1 is 0.356 bits per heavy atom. The van der Waals surface area contributed by atoms with Crippen molar-refractivity contribution in [3.8, 4) is 33.4 Å². The predicted octanol–water partition coefficient (Wildman–Crippen LogP) is 16.7. The molecule has 0 aliphatic carbocycles. The molecule has 2 aromatic heterocycles. The maximum atomic E-state index is 6.93. The summed E-state index contributed by atoms with van der Waals surface area (Å²) in [6.45, 7) is 0. The van der Waals surface area contributed by atoms with Gasteiger partial charge in [0.25, 0.3) is 0 Å². The van der Waals surface area contributed by atoms with Crippen LogP contribution in [0, 0.1) is 0 Å². The number of thiophene rings is 1. The fraction of sp³-hybridized carbons (Fsp3) is 0. The highest BCUT2D eigenvalue weighted by atomic mass is 32.1. The second kappa shape index (κ2) is 13.6. The summed E-state index contributed by atoms with van der Waals surface area (Å²) in [4.78, 5) is 2.35. The summed E-state index contributed by atoms with van der Waals surface area (Å²) in [6.07, 6.45) is 0. The molecule has 2 heterocycles. The Morgan fingerprint density at radius 2 is 0.949 bits per heavy atom. The van der Waals surface area contributed by atoms with Gasteiger partial charge >= 0.3 is 0 Å². The van der Waals surface area contributed by atoms with Crippen molar-refractivity contribution in [3.05, 3.63) is 212 Å². The van der Waals surface area contributed by atoms with E-state index in [0.717, 1.165) is 44.6 Å². The lowest BCUT2D eigenvalue weighted by atomic mass is 9.94. The summed E-state index contributed by atoms with van der Waals surface area (Å²) >= 11 is 1.86. The highest BCUT2D eigenvalue weighted by Crippen LogP contribution is 2.47. The van der Waals surface area contributed by atoms with E-state index in [1.165, 1.54) is 69.5 Å². The van der Waals surface area contributed by atoms with Crippen LogP contribution in [0.2, 0.25) is 0 Å². The molecule has 0 spiro atoms. The van der Waals surface area contributed by atoms with Crippen molar-refractivity contribution < 1.29 is 4.42 Å². The second-order valence-corrected chi connectivity index (χ2v) is 16.3. The molecule has 0 saturated carbocycles. The van der Waals surface area contributed by atoms with Gasteiger partial charge in [-0.05, 0) is 110 Å². The third-order valence-electron chi connectivity index (χ3n) is 11.9. The van der Waals surface area contributed by atoms with Crippen molar-refractivity contribution in [2.45, 2.75) is 0 Å². The first-order valence-electron chi connectivity index (χ1n) is 20.1. The third kappa shape index (κ3) is 5.62. The minimum atomic E-state index is 0.856. The lowest BCUT2D eigenvalue weighted by Gasteiger charge is -2.26. The largest absolute Gasteiger partial charge is 0.454 e. The van der Waals surface area contributed by atoms with Gasteiger partial charge in [-0.2, -0.15) is 0 Å². The first-order chi connectivity index (χ1) is 29.2. The quantitative estimate of drug-likeness (QED) is 0.167. The monoisotopic (exact) mass is 769 g/mol. The maximum absolute atomic E-state index is 6.93. The summed E-state index contributed by atoms with van der Waals surface area (Å²) in [5.41, 5.74) is 11.9. The van der Waals surface area contributed by atoms with E-state index in [2.05, 4.69) is 217 Å². The van der Waals surface area contributed by atoms with E-state index in [1.807, 2.05) is 11.3 Å². The minimum absolute atomic E-state index is 0.856. The van der Waals surface area contributed by atoms with Crippen molar-refractivity contribution in [2.24, 2.45) is 0 Å². The van der Waals surface area contributed by atoms with E-state index in [1.54, 1.807) is 0 Å². The van der Waals surface area contributed by atoms with Crippen LogP contribution in [-0.2, 0) is 0 Å². The summed E-state index contributed by atoms with van der Waals surface area (Å²) in [5, 5.41) is 9.76. The van der Waals surface area contributed by atoms with E-state index >= 15 is 0 Å². The fourth-order valence-corrected chi connectivity index (χ4v) is 10.1. The van der Waals surface area contributed by atoms with Crippen LogP contribution in [-0.4, -0.2) is 0 Å². The van der Waals surface area contributed by atoms with Crippen LogP contribution in [0.1, 0.15) is 0 Å². The van der Waals surface area contributed by atoms with Crippen molar-refractivity contribution in [2.75, 3.05) is 4.90 Å². The van der Waals surface area contributed by atoms with Crippen LogP contribution >= 0.6 is 11.3 Å². The molecule has 0 fully saturated rings. The molecule has 0 bridgehead atoms. The minimum Gasteiger partial charge on any atom is -0.454 e. The van der Waals surface area contributed by atoms with Gasteiger partial charge in [0.15, 0.2) is 5.58 Å². The van der Waals surface area contributed by atoms with Gasteiger partial charge in [-0.3, -0.25) is 0 Å². The van der Waals surface area contributed by atoms with Crippen molar-refractivity contribution in [3.63, 3.8) is 0 Å². The molecular formula is C56H35NOS. The Kier molecular flexibility index (Phi) is 7.75. The number of rotatable bonds is 6. The average molecular weight is 770 g/mol. The maximum Gasteiger partial charge on any atom is 0.160 e. The molecule has 0 atom stereocenters. The molecule has 59 heavy (non-hydrogen) atoms. The number of hydrogen-bond donors (Lipinski definition) is 0. The Balaban J connectivity index is 1.03. The molecule has 12 rings (SSSR count). The summed E-state index contributed by atoms with van der Waals surface area (Å²) in [7, 11) is 0. The average Bonchev–Trinajstić information content (AvgIpc) is 3.88. The fourth-order valence-electron chi connectivity index (χ4n) is 8.98. The molecule has 0 radical (unpaired) electrons. The Bertz CT molecular complexity index is 3550. The molecule has 12 aromatic rings. The summed E-state index contributed by atoms with van der Waals surface area (Å²) in [6, 6.07) is 76.9. The van der Waals surface area contributed by atoms with Crippen molar-refractivity contribution >= 4 is 92.1 Å². The smallest absolute Gasteiger partial charge is 0.160 e. The zero-order valence-electron chi connectivity index (χ0n) is 32.0. The molecule has 0 unspecified atom stereocenters. The number of nitrogens with zero attached hydrogens (tertiary/aromatic N) is 1. The van der Waals surface area contributed by atoms with E-state index in [4.69, 9.17) is 4.42 Å². The standard InChI is InChI=1S/C56H35NOS/c1-2-12-40-34-41(21-20-36(40)10-1)37-22-27-43(28-23-37)57(44-29-24-38(25-30-44)42-26-31-48-47-15-6-8-19-53(47)59-54(48)35-42)51-33-32-49(46-17-9-13-39-11-3-4-14-45(39)46)55-50-16-5-7-18-52(50)58-56(51)55/h1-35H. The first kappa shape index (κ1) is 33.7. The zero-order valence-corrected chi connectivity index (χ0v) is 32.8. The van der Waals surface area contributed by atoms with Gasteiger partial charge < -0.3 is 9.32 Å². The lowest BCUT2D eigenvalue weighted by Crippen LogP contribution is -2.10. The molecule has 0 aliphatic heterocycles. The molecule has 10 aromatic carbocycles. The molecule has 0 N–H and O–H groups in total. The third-order valence-corrected chi connectivity index (χ3v) is 13.0. The Hall–Kier alpha value is -7.46.